The topological polar surface area (TPSA) is 88.0 Å². The second-order valence-corrected chi connectivity index (χ2v) is 1.58. The number of aromatic nitrogens is 3. The summed E-state index contributed by atoms with van der Waals surface area (Å²) in [5.74, 6) is 0. The molecule has 1 heterocycles. The highest BCUT2D eigenvalue weighted by Crippen LogP contribution is 1.60. The van der Waals surface area contributed by atoms with Crippen LogP contribution in [0.1, 0.15) is 0 Å². The van der Waals surface area contributed by atoms with E-state index in [4.69, 9.17) is 5.11 Å². The Bertz CT molecular complexity index is 325. The van der Waals surface area contributed by atoms with Gasteiger partial charge in [-0.25, -0.2) is 4.79 Å². The monoisotopic (exact) mass is 143 g/mol. The van der Waals surface area contributed by atoms with Gasteiger partial charge in [0.2, 0.25) is 0 Å². The largest absolute Gasteiger partial charge is 0.374 e. The Labute approximate surface area is 54.8 Å². The summed E-state index contributed by atoms with van der Waals surface area (Å²) in [6.07, 6.45) is 0.914. The van der Waals surface area contributed by atoms with Gasteiger partial charge in [-0.3, -0.25) is 9.78 Å². The summed E-state index contributed by atoms with van der Waals surface area (Å²) in [5.41, 5.74) is -1.29. The van der Waals surface area contributed by atoms with Crippen molar-refractivity contribution < 1.29 is 5.11 Å². The number of aromatic amines is 1. The van der Waals surface area contributed by atoms with Crippen molar-refractivity contribution in [2.75, 3.05) is 0 Å². The van der Waals surface area contributed by atoms with Gasteiger partial charge in [0.15, 0.2) is 0 Å². The molecule has 0 radical (unpaired) electrons. The zero-order chi connectivity index (χ0) is 7.56. The summed E-state index contributed by atoms with van der Waals surface area (Å²) >= 11 is 0. The van der Waals surface area contributed by atoms with Gasteiger partial charge in [0, 0.05) is 0 Å². The molecule has 1 aromatic rings. The van der Waals surface area contributed by atoms with Gasteiger partial charge in [0.25, 0.3) is 5.56 Å². The lowest BCUT2D eigenvalue weighted by Crippen LogP contribution is -2.31. The molecular weight excluding hydrogens is 138 g/mol. The van der Waals surface area contributed by atoms with Crippen LogP contribution < -0.4 is 11.2 Å². The maximum atomic E-state index is 10.6. The van der Waals surface area contributed by atoms with Crippen LogP contribution in [0.15, 0.2) is 15.8 Å². The molecule has 0 spiro atoms. The number of H-pyrrole nitrogens is 1. The van der Waals surface area contributed by atoms with E-state index in [1.165, 1.54) is 0 Å². The predicted octanol–water partition coefficient (Wildman–Crippen LogP) is -2.12. The molecular formula is C4H5N3O3. The first-order valence-corrected chi connectivity index (χ1v) is 2.51. The Morgan fingerprint density at radius 2 is 2.40 bits per heavy atom. The van der Waals surface area contributed by atoms with Crippen LogP contribution in [0.2, 0.25) is 0 Å². The standard InChI is InChI=1S/C4H5N3O3/c8-2-7-4(10)6-3(9)1-5-7/h1,8H,2H2,(H,6,9,10). The lowest BCUT2D eigenvalue weighted by atomic mass is 10.8. The third-order valence-corrected chi connectivity index (χ3v) is 0.913. The van der Waals surface area contributed by atoms with Crippen LogP contribution in [0.4, 0.5) is 0 Å². The molecule has 6 nitrogen and oxygen atoms in total. The first kappa shape index (κ1) is 6.69. The van der Waals surface area contributed by atoms with E-state index in [1.807, 2.05) is 4.98 Å². The van der Waals surface area contributed by atoms with Crippen molar-refractivity contribution in [3.05, 3.63) is 27.0 Å². The van der Waals surface area contributed by atoms with Gasteiger partial charge < -0.3 is 5.11 Å². The van der Waals surface area contributed by atoms with Crippen LogP contribution in [-0.2, 0) is 6.73 Å². The molecule has 0 saturated carbocycles. The highest BCUT2D eigenvalue weighted by Gasteiger charge is 1.92. The molecule has 0 aliphatic heterocycles. The van der Waals surface area contributed by atoms with Crippen LogP contribution in [0.3, 0.4) is 0 Å². The van der Waals surface area contributed by atoms with E-state index in [0.717, 1.165) is 10.9 Å². The highest BCUT2D eigenvalue weighted by atomic mass is 16.3. The summed E-state index contributed by atoms with van der Waals surface area (Å²) in [6, 6.07) is 0. The van der Waals surface area contributed by atoms with Crippen molar-refractivity contribution in [2.45, 2.75) is 6.73 Å². The SMILES string of the molecule is O=c1cnn(CO)c(=O)[nH]1. The highest BCUT2D eigenvalue weighted by molar-refractivity contribution is 4.67. The van der Waals surface area contributed by atoms with E-state index in [9.17, 15) is 9.59 Å². The van der Waals surface area contributed by atoms with Crippen LogP contribution in [0.25, 0.3) is 0 Å². The van der Waals surface area contributed by atoms with Crippen molar-refractivity contribution in [3.63, 3.8) is 0 Å². The van der Waals surface area contributed by atoms with Gasteiger partial charge in [0.05, 0.1) is 0 Å². The first-order chi connectivity index (χ1) is 4.74. The molecule has 0 bridgehead atoms. The number of aliphatic hydroxyl groups is 1. The Morgan fingerprint density at radius 3 is 2.90 bits per heavy atom. The smallest absolute Gasteiger partial charge is 0.346 e. The Hall–Kier alpha value is -1.43. The Morgan fingerprint density at radius 1 is 1.70 bits per heavy atom. The van der Waals surface area contributed by atoms with Crippen molar-refractivity contribution >= 4 is 0 Å². The van der Waals surface area contributed by atoms with E-state index < -0.39 is 18.0 Å². The van der Waals surface area contributed by atoms with E-state index in [0.29, 0.717) is 0 Å². The average molecular weight is 143 g/mol. The average Bonchev–Trinajstić information content (AvgIpc) is 1.88. The minimum atomic E-state index is -0.713. The number of nitrogens with one attached hydrogen (secondary N) is 1. The molecule has 0 aromatic carbocycles. The molecule has 6 heteroatoms. The van der Waals surface area contributed by atoms with E-state index in [1.54, 1.807) is 0 Å². The quantitative estimate of drug-likeness (QED) is 0.470. The Kier molecular flexibility index (Phi) is 1.63. The van der Waals surface area contributed by atoms with E-state index in [2.05, 4.69) is 5.10 Å². The second-order valence-electron chi connectivity index (χ2n) is 1.58. The second kappa shape index (κ2) is 2.44. The molecule has 1 aromatic heterocycles. The van der Waals surface area contributed by atoms with Gasteiger partial charge in [-0.2, -0.15) is 9.78 Å². The lowest BCUT2D eigenvalue weighted by molar-refractivity contribution is 0.186. The molecule has 54 valence electrons. The predicted molar refractivity (Wildman–Crippen MR) is 31.3 cm³/mol. The number of nitrogens with zero attached hydrogens (tertiary/aromatic N) is 2. The van der Waals surface area contributed by atoms with E-state index >= 15 is 0 Å². The van der Waals surface area contributed by atoms with Gasteiger partial charge >= 0.3 is 5.69 Å². The zero-order valence-corrected chi connectivity index (χ0v) is 4.94. The van der Waals surface area contributed by atoms with Gasteiger partial charge in [0.1, 0.15) is 12.9 Å². The summed E-state index contributed by atoms with van der Waals surface area (Å²) in [7, 11) is 0. The van der Waals surface area contributed by atoms with Crippen molar-refractivity contribution in [3.8, 4) is 0 Å². The minimum Gasteiger partial charge on any atom is -0.374 e. The molecule has 0 saturated heterocycles. The third kappa shape index (κ3) is 1.11. The van der Waals surface area contributed by atoms with Crippen molar-refractivity contribution in [1.82, 2.24) is 14.8 Å². The maximum Gasteiger partial charge on any atom is 0.346 e. The maximum absolute atomic E-state index is 10.6. The zero-order valence-electron chi connectivity index (χ0n) is 4.94. The van der Waals surface area contributed by atoms with Gasteiger partial charge in [-0.15, -0.1) is 0 Å². The normalized spacial score (nSPS) is 9.70. The van der Waals surface area contributed by atoms with Gasteiger partial charge in [-0.1, -0.05) is 0 Å². The summed E-state index contributed by atoms with van der Waals surface area (Å²) in [5, 5.41) is 11.7. The Balaban J connectivity index is 3.34. The molecule has 0 unspecified atom stereocenters. The molecule has 0 amide bonds. The molecule has 10 heavy (non-hydrogen) atoms. The fraction of sp³-hybridized carbons (Fsp3) is 0.250. The molecule has 0 aliphatic carbocycles. The number of aliphatic hydroxyl groups excluding tert-OH is 1. The van der Waals surface area contributed by atoms with Crippen molar-refractivity contribution in [1.29, 1.82) is 0 Å². The van der Waals surface area contributed by atoms with Crippen LogP contribution >= 0.6 is 0 Å². The summed E-state index contributed by atoms with van der Waals surface area (Å²) < 4.78 is 0.724. The lowest BCUT2D eigenvalue weighted by Gasteiger charge is -1.93. The molecule has 2 N–H and O–H groups in total. The summed E-state index contributed by atoms with van der Waals surface area (Å²) in [4.78, 5) is 22.8. The molecule has 1 rings (SSSR count). The third-order valence-electron chi connectivity index (χ3n) is 0.913. The number of rotatable bonds is 1. The summed E-state index contributed by atoms with van der Waals surface area (Å²) in [6.45, 7) is -0.532. The number of hydrogen-bond donors (Lipinski definition) is 2. The van der Waals surface area contributed by atoms with Crippen molar-refractivity contribution in [2.24, 2.45) is 0 Å². The first-order valence-electron chi connectivity index (χ1n) is 2.51. The van der Waals surface area contributed by atoms with Crippen LogP contribution in [0, 0.1) is 0 Å². The van der Waals surface area contributed by atoms with Crippen LogP contribution in [0.5, 0.6) is 0 Å². The minimum absolute atomic E-state index is 0.532. The fourth-order valence-electron chi connectivity index (χ4n) is 0.478. The molecule has 0 aliphatic rings. The van der Waals surface area contributed by atoms with E-state index in [-0.39, 0.29) is 0 Å². The molecule has 0 fully saturated rings. The van der Waals surface area contributed by atoms with Gasteiger partial charge in [-0.05, 0) is 0 Å². The molecule has 0 atom stereocenters. The van der Waals surface area contributed by atoms with Crippen LogP contribution in [-0.4, -0.2) is 19.9 Å². The fourth-order valence-corrected chi connectivity index (χ4v) is 0.478. The number of hydrogen-bond acceptors (Lipinski definition) is 4.